The highest BCUT2D eigenvalue weighted by molar-refractivity contribution is 5.61. The molecule has 0 fully saturated rings. The number of nitro benzene ring substituents is 1. The Bertz CT molecular complexity index is 1120. The highest BCUT2D eigenvalue weighted by Crippen LogP contribution is 2.32. The van der Waals surface area contributed by atoms with Crippen LogP contribution < -0.4 is 4.74 Å². The van der Waals surface area contributed by atoms with Crippen molar-refractivity contribution in [1.29, 1.82) is 0 Å². The number of benzene rings is 3. The van der Waals surface area contributed by atoms with Gasteiger partial charge in [-0.2, -0.15) is 4.98 Å². The van der Waals surface area contributed by atoms with Crippen LogP contribution in [0.3, 0.4) is 0 Å². The number of hydrogen-bond donors (Lipinski definition) is 1. The summed E-state index contributed by atoms with van der Waals surface area (Å²) in [5.41, 5.74) is 1.28. The minimum atomic E-state index is -0.492. The fourth-order valence-corrected chi connectivity index (χ4v) is 2.56. The lowest BCUT2D eigenvalue weighted by atomic mass is 10.2. The number of para-hydroxylation sites is 2. The van der Waals surface area contributed by atoms with E-state index in [0.717, 1.165) is 0 Å². The van der Waals surface area contributed by atoms with Crippen LogP contribution in [-0.4, -0.2) is 20.2 Å². The maximum Gasteiger partial charge on any atom is 0.311 e. The van der Waals surface area contributed by atoms with E-state index >= 15 is 0 Å². The second kappa shape index (κ2) is 7.20. The van der Waals surface area contributed by atoms with Crippen molar-refractivity contribution >= 4 is 5.69 Å². The molecule has 0 unspecified atom stereocenters. The molecular weight excluding hydrogens is 362 g/mol. The van der Waals surface area contributed by atoms with Crippen LogP contribution >= 0.6 is 0 Å². The van der Waals surface area contributed by atoms with E-state index in [0.29, 0.717) is 28.6 Å². The summed E-state index contributed by atoms with van der Waals surface area (Å²) in [5.74, 6) is 1.48. The fourth-order valence-electron chi connectivity index (χ4n) is 2.56. The Morgan fingerprint density at radius 1 is 0.929 bits per heavy atom. The molecule has 1 aromatic heterocycles. The monoisotopic (exact) mass is 375 g/mol. The molecule has 0 aliphatic carbocycles. The van der Waals surface area contributed by atoms with Crippen molar-refractivity contribution in [1.82, 2.24) is 10.1 Å². The standard InChI is InChI=1S/C20H13N3O5/c24-15-9-5-14(6-10-15)20-21-19(22-28-20)13-7-11-16(12-8-13)27-18-4-2-1-3-17(18)23(25)26/h1-12,24H. The largest absolute Gasteiger partial charge is 0.508 e. The summed E-state index contributed by atoms with van der Waals surface area (Å²) in [6.45, 7) is 0. The Morgan fingerprint density at radius 2 is 1.61 bits per heavy atom. The maximum absolute atomic E-state index is 11.1. The molecule has 0 atom stereocenters. The zero-order chi connectivity index (χ0) is 19.5. The predicted molar refractivity (Wildman–Crippen MR) is 100 cm³/mol. The van der Waals surface area contributed by atoms with E-state index < -0.39 is 4.92 Å². The van der Waals surface area contributed by atoms with E-state index in [4.69, 9.17) is 9.26 Å². The number of aromatic hydroxyl groups is 1. The van der Waals surface area contributed by atoms with E-state index in [2.05, 4.69) is 10.1 Å². The first kappa shape index (κ1) is 17.2. The summed E-state index contributed by atoms with van der Waals surface area (Å²) in [7, 11) is 0. The zero-order valence-corrected chi connectivity index (χ0v) is 14.4. The SMILES string of the molecule is O=[N+]([O-])c1ccccc1Oc1ccc(-c2noc(-c3ccc(O)cc3)n2)cc1. The van der Waals surface area contributed by atoms with Crippen molar-refractivity contribution < 1.29 is 19.3 Å². The van der Waals surface area contributed by atoms with E-state index in [1.165, 1.54) is 24.3 Å². The van der Waals surface area contributed by atoms with Gasteiger partial charge in [-0.05, 0) is 54.6 Å². The first-order chi connectivity index (χ1) is 13.6. The first-order valence-electron chi connectivity index (χ1n) is 8.25. The molecule has 138 valence electrons. The average Bonchev–Trinajstić information content (AvgIpc) is 3.19. The van der Waals surface area contributed by atoms with Crippen molar-refractivity contribution in [2.45, 2.75) is 0 Å². The molecule has 1 heterocycles. The molecule has 1 N–H and O–H groups in total. The molecule has 4 aromatic rings. The van der Waals surface area contributed by atoms with Gasteiger partial charge in [-0.1, -0.05) is 17.3 Å². The molecule has 0 bridgehead atoms. The number of rotatable bonds is 5. The van der Waals surface area contributed by atoms with Gasteiger partial charge in [-0.3, -0.25) is 10.1 Å². The van der Waals surface area contributed by atoms with Gasteiger partial charge in [0, 0.05) is 17.2 Å². The number of phenolic OH excluding ortho intramolecular Hbond substituents is 1. The first-order valence-corrected chi connectivity index (χ1v) is 8.25. The van der Waals surface area contributed by atoms with Crippen LogP contribution in [0.4, 0.5) is 5.69 Å². The van der Waals surface area contributed by atoms with Crippen LogP contribution in [-0.2, 0) is 0 Å². The van der Waals surface area contributed by atoms with Gasteiger partial charge in [0.2, 0.25) is 11.6 Å². The zero-order valence-electron chi connectivity index (χ0n) is 14.4. The Morgan fingerprint density at radius 3 is 2.32 bits per heavy atom. The molecule has 0 aliphatic rings. The van der Waals surface area contributed by atoms with Gasteiger partial charge in [0.25, 0.3) is 5.89 Å². The molecular formula is C20H13N3O5. The van der Waals surface area contributed by atoms with E-state index in [1.54, 1.807) is 48.5 Å². The van der Waals surface area contributed by atoms with Crippen molar-refractivity contribution in [2.24, 2.45) is 0 Å². The molecule has 0 radical (unpaired) electrons. The minimum Gasteiger partial charge on any atom is -0.508 e. The molecule has 8 heteroatoms. The van der Waals surface area contributed by atoms with Crippen molar-refractivity contribution in [3.05, 3.63) is 82.9 Å². The molecule has 3 aromatic carbocycles. The van der Waals surface area contributed by atoms with Gasteiger partial charge in [0.1, 0.15) is 11.5 Å². The van der Waals surface area contributed by atoms with E-state index in [1.807, 2.05) is 0 Å². The van der Waals surface area contributed by atoms with Crippen molar-refractivity contribution in [3.63, 3.8) is 0 Å². The summed E-state index contributed by atoms with van der Waals surface area (Å²) in [5, 5.41) is 24.4. The third kappa shape index (κ3) is 3.51. The quantitative estimate of drug-likeness (QED) is 0.393. The molecule has 0 saturated heterocycles. The number of phenols is 1. The fraction of sp³-hybridized carbons (Fsp3) is 0. The molecule has 0 spiro atoms. The van der Waals surface area contributed by atoms with Gasteiger partial charge in [0.05, 0.1) is 4.92 Å². The highest BCUT2D eigenvalue weighted by atomic mass is 16.6. The molecule has 28 heavy (non-hydrogen) atoms. The molecule has 0 amide bonds. The molecule has 0 saturated carbocycles. The van der Waals surface area contributed by atoms with E-state index in [-0.39, 0.29) is 17.2 Å². The third-order valence-electron chi connectivity index (χ3n) is 3.94. The maximum atomic E-state index is 11.1. The molecule has 8 nitrogen and oxygen atoms in total. The lowest BCUT2D eigenvalue weighted by Gasteiger charge is -2.06. The third-order valence-corrected chi connectivity index (χ3v) is 3.94. The molecule has 4 rings (SSSR count). The second-order valence-electron chi connectivity index (χ2n) is 5.82. The van der Waals surface area contributed by atoms with Crippen molar-refractivity contribution in [2.75, 3.05) is 0 Å². The van der Waals surface area contributed by atoms with Gasteiger partial charge in [0.15, 0.2) is 0 Å². The normalized spacial score (nSPS) is 10.6. The van der Waals surface area contributed by atoms with Crippen LogP contribution in [0.25, 0.3) is 22.8 Å². The van der Waals surface area contributed by atoms with Gasteiger partial charge >= 0.3 is 5.69 Å². The van der Waals surface area contributed by atoms with Crippen LogP contribution in [0.15, 0.2) is 77.3 Å². The van der Waals surface area contributed by atoms with Gasteiger partial charge < -0.3 is 14.4 Å². The summed E-state index contributed by atoms with van der Waals surface area (Å²) in [6, 6.07) is 19.4. The lowest BCUT2D eigenvalue weighted by Crippen LogP contribution is -1.93. The van der Waals surface area contributed by atoms with E-state index in [9.17, 15) is 15.2 Å². The lowest BCUT2D eigenvalue weighted by molar-refractivity contribution is -0.385. The Balaban J connectivity index is 1.54. The smallest absolute Gasteiger partial charge is 0.311 e. The van der Waals surface area contributed by atoms with Gasteiger partial charge in [-0.15, -0.1) is 0 Å². The van der Waals surface area contributed by atoms with Crippen LogP contribution in [0.2, 0.25) is 0 Å². The summed E-state index contributed by atoms with van der Waals surface area (Å²) < 4.78 is 10.9. The highest BCUT2D eigenvalue weighted by Gasteiger charge is 2.15. The average molecular weight is 375 g/mol. The Labute approximate surface area is 158 Å². The Kier molecular flexibility index (Phi) is 4.43. The number of ether oxygens (including phenoxy) is 1. The number of nitro groups is 1. The van der Waals surface area contributed by atoms with Gasteiger partial charge in [-0.25, -0.2) is 0 Å². The predicted octanol–water partition coefficient (Wildman–Crippen LogP) is 4.81. The second-order valence-corrected chi connectivity index (χ2v) is 5.82. The number of nitrogens with zero attached hydrogens (tertiary/aromatic N) is 3. The molecule has 0 aliphatic heterocycles. The summed E-state index contributed by atoms with van der Waals surface area (Å²) >= 11 is 0. The topological polar surface area (TPSA) is 112 Å². The number of aromatic nitrogens is 2. The Hall–Kier alpha value is -4.20. The van der Waals surface area contributed by atoms with Crippen LogP contribution in [0.1, 0.15) is 0 Å². The van der Waals surface area contributed by atoms with Crippen LogP contribution in [0, 0.1) is 10.1 Å². The van der Waals surface area contributed by atoms with Crippen molar-refractivity contribution in [3.8, 4) is 40.1 Å². The number of hydrogen-bond acceptors (Lipinski definition) is 7. The summed E-state index contributed by atoms with van der Waals surface area (Å²) in [6.07, 6.45) is 0. The minimum absolute atomic E-state index is 0.108. The summed E-state index contributed by atoms with van der Waals surface area (Å²) in [4.78, 5) is 14.9. The van der Waals surface area contributed by atoms with Crippen LogP contribution in [0.5, 0.6) is 17.2 Å².